The molecule has 2 saturated carbocycles. The molecule has 0 radical (unpaired) electrons. The van der Waals surface area contributed by atoms with Crippen LogP contribution in [0.5, 0.6) is 0 Å². The first-order chi connectivity index (χ1) is 14.8. The van der Waals surface area contributed by atoms with E-state index in [9.17, 15) is 10.4 Å². The summed E-state index contributed by atoms with van der Waals surface area (Å²) in [7, 11) is 0. The molecule has 7 nitrogen and oxygen atoms in total. The van der Waals surface area contributed by atoms with Crippen LogP contribution in [-0.2, 0) is 5.41 Å². The fourth-order valence-electron chi connectivity index (χ4n) is 5.74. The zero-order chi connectivity index (χ0) is 21.6. The molecule has 7 heteroatoms. The van der Waals surface area contributed by atoms with E-state index in [1.54, 1.807) is 6.33 Å². The lowest BCUT2D eigenvalue weighted by Gasteiger charge is -2.45. The molecule has 2 aliphatic carbocycles. The van der Waals surface area contributed by atoms with Crippen molar-refractivity contribution in [2.45, 2.75) is 57.1 Å². The molecule has 31 heavy (non-hydrogen) atoms. The van der Waals surface area contributed by atoms with Crippen molar-refractivity contribution in [3.63, 3.8) is 0 Å². The minimum Gasteiger partial charge on any atom is -0.390 e. The molecule has 1 aromatic carbocycles. The smallest absolute Gasteiger partial charge is 0.159 e. The molecule has 3 aromatic rings. The van der Waals surface area contributed by atoms with Gasteiger partial charge in [0.05, 0.1) is 28.8 Å². The molecule has 2 aliphatic heterocycles. The van der Waals surface area contributed by atoms with Crippen LogP contribution in [0, 0.1) is 22.7 Å². The average Bonchev–Trinajstić information content (AvgIpc) is 3.12. The molecular formula is C24H26N6O. The monoisotopic (exact) mass is 414 g/mol. The van der Waals surface area contributed by atoms with Crippen molar-refractivity contribution in [2.24, 2.45) is 11.3 Å². The Morgan fingerprint density at radius 3 is 2.55 bits per heavy atom. The Morgan fingerprint density at radius 1 is 1.16 bits per heavy atom. The van der Waals surface area contributed by atoms with Gasteiger partial charge in [0.1, 0.15) is 12.1 Å². The Bertz CT molecular complexity index is 1240. The number of aromatic nitrogens is 4. The van der Waals surface area contributed by atoms with Gasteiger partial charge in [-0.25, -0.2) is 14.6 Å². The molecule has 0 spiro atoms. The van der Waals surface area contributed by atoms with E-state index in [0.717, 1.165) is 48.1 Å². The normalized spacial score (nSPS) is 31.5. The molecule has 1 N–H and O–H groups in total. The predicted molar refractivity (Wildman–Crippen MR) is 117 cm³/mol. The van der Waals surface area contributed by atoms with Crippen LogP contribution in [0.2, 0.25) is 0 Å². The number of fused-ring (bicyclic) bond motifs is 2. The maximum atomic E-state index is 10.6. The fourth-order valence-corrected chi connectivity index (χ4v) is 5.74. The summed E-state index contributed by atoms with van der Waals surface area (Å²) >= 11 is 0. The van der Waals surface area contributed by atoms with Crippen LogP contribution < -0.4 is 4.90 Å². The summed E-state index contributed by atoms with van der Waals surface area (Å²) in [5, 5.41) is 26.0. The van der Waals surface area contributed by atoms with Crippen molar-refractivity contribution in [3.05, 3.63) is 42.4 Å². The van der Waals surface area contributed by atoms with E-state index in [1.165, 1.54) is 0 Å². The Balaban J connectivity index is 1.37. The van der Waals surface area contributed by atoms with Crippen molar-refractivity contribution in [3.8, 4) is 11.9 Å². The van der Waals surface area contributed by atoms with Gasteiger partial charge in [0.25, 0.3) is 0 Å². The molecule has 1 unspecified atom stereocenters. The minimum absolute atomic E-state index is 0.0529. The predicted octanol–water partition coefficient (Wildman–Crippen LogP) is 3.36. The van der Waals surface area contributed by atoms with Crippen molar-refractivity contribution < 1.29 is 5.11 Å². The summed E-state index contributed by atoms with van der Waals surface area (Å²) < 4.78 is 1.84. The minimum atomic E-state index is -0.695. The van der Waals surface area contributed by atoms with Gasteiger partial charge in [0.2, 0.25) is 0 Å². The highest BCUT2D eigenvalue weighted by atomic mass is 16.3. The van der Waals surface area contributed by atoms with Crippen LogP contribution in [-0.4, -0.2) is 43.0 Å². The third kappa shape index (κ3) is 2.45. The van der Waals surface area contributed by atoms with E-state index in [-0.39, 0.29) is 10.8 Å². The maximum absolute atomic E-state index is 10.6. The highest BCUT2D eigenvalue weighted by Crippen LogP contribution is 2.58. The number of hydrogen-bond acceptors (Lipinski definition) is 6. The summed E-state index contributed by atoms with van der Waals surface area (Å²) in [6.07, 6.45) is 6.33. The highest BCUT2D eigenvalue weighted by Gasteiger charge is 2.62. The molecule has 7 rings (SSSR count). The summed E-state index contributed by atoms with van der Waals surface area (Å²) in [6.45, 7) is 6.77. The van der Waals surface area contributed by atoms with Gasteiger partial charge in [-0.2, -0.15) is 10.4 Å². The van der Waals surface area contributed by atoms with E-state index in [2.05, 4.69) is 45.1 Å². The molecule has 2 bridgehead atoms. The van der Waals surface area contributed by atoms with Gasteiger partial charge >= 0.3 is 0 Å². The SMILES string of the molecule is C[C@H]1CC1(C#N)c1ccc2cnn(-c3cc(N4CC5(C(C)(C)O)CC4C5)ncn3)c2c1. The molecule has 158 valence electrons. The number of nitriles is 1. The summed E-state index contributed by atoms with van der Waals surface area (Å²) in [4.78, 5) is 11.3. The van der Waals surface area contributed by atoms with Crippen molar-refractivity contribution in [2.75, 3.05) is 11.4 Å². The zero-order valence-electron chi connectivity index (χ0n) is 18.1. The number of benzene rings is 1. The lowest BCUT2D eigenvalue weighted by atomic mass is 9.61. The number of nitrogens with zero attached hydrogens (tertiary/aromatic N) is 6. The quantitative estimate of drug-likeness (QED) is 0.704. The second kappa shape index (κ2) is 5.83. The van der Waals surface area contributed by atoms with Crippen molar-refractivity contribution in [1.82, 2.24) is 19.7 Å². The number of rotatable bonds is 4. The van der Waals surface area contributed by atoms with Gasteiger partial charge in [0.15, 0.2) is 5.82 Å². The molecule has 4 aliphatic rings. The van der Waals surface area contributed by atoms with Crippen LogP contribution in [0.4, 0.5) is 5.82 Å². The van der Waals surface area contributed by atoms with E-state index in [0.29, 0.717) is 17.8 Å². The first-order valence-electron chi connectivity index (χ1n) is 11.0. The standard InChI is InChI=1S/C24H26N6O/c1-15-8-24(15,12-25)17-5-4-16-11-28-30(19(16)6-17)21-7-20(26-14-27-21)29-13-23(22(2,3)31)9-18(29)10-23/h4-7,11,14-15,18,31H,8-10,13H2,1-3H3/t15-,18?,23?,24?/m0/s1. The highest BCUT2D eigenvalue weighted by molar-refractivity contribution is 5.81. The number of hydrogen-bond donors (Lipinski definition) is 1. The molecule has 4 fully saturated rings. The Hall–Kier alpha value is -2.98. The van der Waals surface area contributed by atoms with E-state index < -0.39 is 5.60 Å². The molecule has 0 amide bonds. The topological polar surface area (TPSA) is 90.9 Å². The lowest BCUT2D eigenvalue weighted by Crippen LogP contribution is -2.50. The summed E-state index contributed by atoms with van der Waals surface area (Å²) in [6, 6.07) is 11.1. The second-order valence-corrected chi connectivity index (χ2v) is 10.3. The van der Waals surface area contributed by atoms with Crippen molar-refractivity contribution in [1.29, 1.82) is 5.26 Å². The summed E-state index contributed by atoms with van der Waals surface area (Å²) in [5.41, 5.74) is 0.887. The molecule has 2 aromatic heterocycles. The second-order valence-electron chi connectivity index (χ2n) is 10.3. The van der Waals surface area contributed by atoms with Crippen LogP contribution in [0.25, 0.3) is 16.7 Å². The first-order valence-corrected chi connectivity index (χ1v) is 11.0. The van der Waals surface area contributed by atoms with Crippen LogP contribution in [0.15, 0.2) is 36.8 Å². The molecule has 2 saturated heterocycles. The van der Waals surface area contributed by atoms with Crippen molar-refractivity contribution >= 4 is 16.7 Å². The lowest BCUT2D eigenvalue weighted by molar-refractivity contribution is -0.0754. The number of aliphatic hydroxyl groups is 1. The van der Waals surface area contributed by atoms with E-state index in [1.807, 2.05) is 36.9 Å². The molecular weight excluding hydrogens is 388 g/mol. The van der Waals surface area contributed by atoms with Gasteiger partial charge in [-0.3, -0.25) is 0 Å². The number of anilines is 1. The van der Waals surface area contributed by atoms with E-state index >= 15 is 0 Å². The third-order valence-corrected chi connectivity index (χ3v) is 8.21. The molecule has 2 atom stereocenters. The average molecular weight is 415 g/mol. The van der Waals surface area contributed by atoms with Crippen LogP contribution in [0.1, 0.15) is 45.6 Å². The maximum Gasteiger partial charge on any atom is 0.159 e. The third-order valence-electron chi connectivity index (χ3n) is 8.21. The largest absolute Gasteiger partial charge is 0.390 e. The fraction of sp³-hybridized carbons (Fsp3) is 0.500. The Labute approximate surface area is 181 Å². The summed E-state index contributed by atoms with van der Waals surface area (Å²) in [5.74, 6) is 1.97. The Morgan fingerprint density at radius 2 is 1.90 bits per heavy atom. The van der Waals surface area contributed by atoms with Crippen LogP contribution >= 0.6 is 0 Å². The van der Waals surface area contributed by atoms with Gasteiger partial charge in [-0.1, -0.05) is 19.1 Å². The van der Waals surface area contributed by atoms with Gasteiger partial charge in [0, 0.05) is 29.5 Å². The van der Waals surface area contributed by atoms with Gasteiger partial charge < -0.3 is 10.0 Å². The van der Waals surface area contributed by atoms with Crippen LogP contribution in [0.3, 0.4) is 0 Å². The van der Waals surface area contributed by atoms with Gasteiger partial charge in [-0.15, -0.1) is 0 Å². The van der Waals surface area contributed by atoms with E-state index in [4.69, 9.17) is 0 Å². The zero-order valence-corrected chi connectivity index (χ0v) is 18.1. The first kappa shape index (κ1) is 18.8. The van der Waals surface area contributed by atoms with Gasteiger partial charge in [-0.05, 0) is 50.7 Å². The molecule has 4 heterocycles. The Kier molecular flexibility index (Phi) is 3.53.